The first kappa shape index (κ1) is 28.9. The number of aryl methyl sites for hydroxylation is 4. The van der Waals surface area contributed by atoms with Gasteiger partial charge in [0.1, 0.15) is 12.4 Å². The molecule has 1 aromatic heterocycles. The number of fused-ring (bicyclic) bond motifs is 1. The second kappa shape index (κ2) is 12.1. The maximum absolute atomic E-state index is 13.8. The van der Waals surface area contributed by atoms with Gasteiger partial charge in [-0.1, -0.05) is 35.9 Å². The first-order chi connectivity index (χ1) is 19.5. The number of hydrogen-bond donors (Lipinski definition) is 1. The molecule has 0 saturated carbocycles. The maximum atomic E-state index is 13.8. The summed E-state index contributed by atoms with van der Waals surface area (Å²) in [7, 11) is 0. The van der Waals surface area contributed by atoms with Crippen LogP contribution in [-0.4, -0.2) is 54.1 Å². The van der Waals surface area contributed by atoms with Crippen LogP contribution in [0.25, 0.3) is 10.9 Å². The normalized spacial score (nSPS) is 14.9. The zero-order valence-corrected chi connectivity index (χ0v) is 24.1. The van der Waals surface area contributed by atoms with Gasteiger partial charge in [-0.3, -0.25) is 14.8 Å². The van der Waals surface area contributed by atoms with Gasteiger partial charge in [0.2, 0.25) is 0 Å². The van der Waals surface area contributed by atoms with Gasteiger partial charge in [-0.15, -0.1) is 0 Å². The van der Waals surface area contributed by atoms with Crippen molar-refractivity contribution in [2.24, 2.45) is 0 Å². The van der Waals surface area contributed by atoms with Crippen LogP contribution in [0.2, 0.25) is 0 Å². The summed E-state index contributed by atoms with van der Waals surface area (Å²) in [5, 5.41) is 4.02. The molecule has 4 aromatic rings. The van der Waals surface area contributed by atoms with Crippen LogP contribution in [0.3, 0.4) is 0 Å². The molecule has 0 radical (unpaired) electrons. The van der Waals surface area contributed by atoms with E-state index in [1.807, 2.05) is 37.3 Å². The number of hydrogen-bond acceptors (Lipinski definition) is 5. The molecule has 0 atom stereocenters. The van der Waals surface area contributed by atoms with Crippen LogP contribution in [0.5, 0.6) is 5.75 Å². The zero-order valence-electron chi connectivity index (χ0n) is 24.1. The minimum absolute atomic E-state index is 0.196. The summed E-state index contributed by atoms with van der Waals surface area (Å²) >= 11 is 0. The van der Waals surface area contributed by atoms with E-state index >= 15 is 0 Å². The number of nitrogens with zero attached hydrogens (tertiary/aromatic N) is 3. The van der Waals surface area contributed by atoms with E-state index in [-0.39, 0.29) is 5.75 Å². The molecule has 3 aromatic carbocycles. The van der Waals surface area contributed by atoms with E-state index in [1.165, 1.54) is 22.3 Å². The van der Waals surface area contributed by atoms with Gasteiger partial charge in [0.05, 0.1) is 11.1 Å². The van der Waals surface area contributed by atoms with Crippen LogP contribution in [0, 0.1) is 27.7 Å². The van der Waals surface area contributed by atoms with Gasteiger partial charge in [-0.2, -0.15) is 13.2 Å². The number of pyridine rings is 1. The summed E-state index contributed by atoms with van der Waals surface area (Å²) in [4.78, 5) is 9.30. The van der Waals surface area contributed by atoms with E-state index in [4.69, 9.17) is 4.74 Å². The molecule has 1 aliphatic rings. The average Bonchev–Trinajstić information content (AvgIpc) is 2.91. The summed E-state index contributed by atoms with van der Waals surface area (Å²) in [5.74, 6) is 0.196. The number of ether oxygens (including phenoxy) is 1. The molecule has 41 heavy (non-hydrogen) atoms. The van der Waals surface area contributed by atoms with Crippen LogP contribution in [-0.2, 0) is 12.7 Å². The Hall–Kier alpha value is -3.62. The molecule has 5 rings (SSSR count). The molecule has 1 fully saturated rings. The highest BCUT2D eigenvalue weighted by atomic mass is 19.4. The van der Waals surface area contributed by atoms with Crippen molar-refractivity contribution in [2.45, 2.75) is 40.4 Å². The Bertz CT molecular complexity index is 1500. The van der Waals surface area contributed by atoms with Crippen LogP contribution in [0.1, 0.15) is 33.5 Å². The number of rotatable bonds is 8. The summed E-state index contributed by atoms with van der Waals surface area (Å²) in [6.45, 7) is 14.0. The molecule has 1 aliphatic heterocycles. The fourth-order valence-corrected chi connectivity index (χ4v) is 5.63. The highest BCUT2D eigenvalue weighted by Crippen LogP contribution is 2.36. The molecular formula is C33H37F3N4O. The van der Waals surface area contributed by atoms with Crippen molar-refractivity contribution < 1.29 is 17.9 Å². The lowest BCUT2D eigenvalue weighted by Crippen LogP contribution is -2.47. The van der Waals surface area contributed by atoms with Crippen molar-refractivity contribution in [3.8, 4) is 5.75 Å². The second-order valence-electron chi connectivity index (χ2n) is 11.0. The largest absolute Gasteiger partial charge is 0.492 e. The third-order valence-electron chi connectivity index (χ3n) is 7.72. The van der Waals surface area contributed by atoms with Gasteiger partial charge in [0.25, 0.3) is 0 Å². The molecule has 8 heteroatoms. The van der Waals surface area contributed by atoms with Crippen molar-refractivity contribution >= 4 is 22.3 Å². The Morgan fingerprint density at radius 3 is 2.24 bits per heavy atom. The van der Waals surface area contributed by atoms with Crippen molar-refractivity contribution in [1.29, 1.82) is 0 Å². The molecule has 216 valence electrons. The molecule has 1 N–H and O–H groups in total. The highest BCUT2D eigenvalue weighted by molar-refractivity contribution is 5.93. The Labute approximate surface area is 240 Å². The van der Waals surface area contributed by atoms with Gasteiger partial charge in [0, 0.05) is 67.8 Å². The predicted molar refractivity (Wildman–Crippen MR) is 159 cm³/mol. The van der Waals surface area contributed by atoms with Gasteiger partial charge >= 0.3 is 6.18 Å². The Balaban J connectivity index is 1.21. The third kappa shape index (κ3) is 7.18. The lowest BCUT2D eigenvalue weighted by atomic mass is 9.99. The van der Waals surface area contributed by atoms with E-state index in [2.05, 4.69) is 53.0 Å². The Kier molecular flexibility index (Phi) is 8.52. The number of benzene rings is 3. The van der Waals surface area contributed by atoms with Gasteiger partial charge < -0.3 is 10.1 Å². The molecule has 0 aliphatic carbocycles. The van der Waals surface area contributed by atoms with E-state index in [0.717, 1.165) is 61.5 Å². The minimum Gasteiger partial charge on any atom is -0.492 e. The van der Waals surface area contributed by atoms with Crippen LogP contribution >= 0.6 is 0 Å². The Morgan fingerprint density at radius 2 is 1.54 bits per heavy atom. The number of nitrogens with one attached hydrogen (secondary N) is 1. The van der Waals surface area contributed by atoms with Gasteiger partial charge in [0.15, 0.2) is 0 Å². The lowest BCUT2D eigenvalue weighted by Gasteiger charge is -2.35. The zero-order chi connectivity index (χ0) is 29.1. The molecule has 0 amide bonds. The standard InChI is InChI=1S/C33H37F3N4O/c1-22-15-23(2)30(24(3)16-22)21-40-11-9-39(10-12-40)13-14-41-28-19-26(33(34,35)36)18-27(20-28)38-32-17-25(4)37-31-8-6-5-7-29(31)32/h5-8,15-20H,9-14,21H2,1-4H3,(H,37,38). The van der Waals surface area contributed by atoms with Crippen LogP contribution in [0.4, 0.5) is 24.5 Å². The summed E-state index contributed by atoms with van der Waals surface area (Å²) in [5.41, 5.74) is 7.19. The molecule has 5 nitrogen and oxygen atoms in total. The van der Waals surface area contributed by atoms with Gasteiger partial charge in [-0.25, -0.2) is 0 Å². The summed E-state index contributed by atoms with van der Waals surface area (Å²) in [6.07, 6.45) is -4.49. The van der Waals surface area contributed by atoms with Crippen molar-refractivity contribution in [3.63, 3.8) is 0 Å². The number of para-hydroxylation sites is 1. The fourth-order valence-electron chi connectivity index (χ4n) is 5.63. The van der Waals surface area contributed by atoms with E-state index in [9.17, 15) is 13.2 Å². The molecule has 0 bridgehead atoms. The van der Waals surface area contributed by atoms with Crippen LogP contribution in [0.15, 0.2) is 60.7 Å². The molecule has 0 unspecified atom stereocenters. The smallest absolute Gasteiger partial charge is 0.416 e. The number of alkyl halides is 3. The summed E-state index contributed by atoms with van der Waals surface area (Å²) in [6, 6.07) is 17.7. The van der Waals surface area contributed by atoms with Crippen molar-refractivity contribution in [3.05, 3.63) is 94.2 Å². The first-order valence-corrected chi connectivity index (χ1v) is 14.0. The van der Waals surface area contributed by atoms with E-state index in [0.29, 0.717) is 24.5 Å². The topological polar surface area (TPSA) is 40.6 Å². The van der Waals surface area contributed by atoms with Crippen LogP contribution < -0.4 is 10.1 Å². The minimum atomic E-state index is -4.49. The molecule has 0 spiro atoms. The van der Waals surface area contributed by atoms with Crippen molar-refractivity contribution in [1.82, 2.24) is 14.8 Å². The third-order valence-corrected chi connectivity index (χ3v) is 7.72. The number of piperazine rings is 1. The Morgan fingerprint density at radius 1 is 0.854 bits per heavy atom. The molecular weight excluding hydrogens is 525 g/mol. The van der Waals surface area contributed by atoms with E-state index < -0.39 is 11.7 Å². The van der Waals surface area contributed by atoms with E-state index in [1.54, 1.807) is 6.07 Å². The molecule has 2 heterocycles. The fraction of sp³-hybridized carbons (Fsp3) is 0.364. The number of anilines is 2. The number of halogens is 3. The SMILES string of the molecule is Cc1cc(C)c(CN2CCN(CCOc3cc(Nc4cc(C)nc5ccccc45)cc(C(F)(F)F)c3)CC2)c(C)c1. The number of aromatic nitrogens is 1. The van der Waals surface area contributed by atoms with Crippen molar-refractivity contribution in [2.75, 3.05) is 44.6 Å². The quantitative estimate of drug-likeness (QED) is 0.242. The first-order valence-electron chi connectivity index (χ1n) is 14.0. The van der Waals surface area contributed by atoms with Gasteiger partial charge in [-0.05, 0) is 68.7 Å². The highest BCUT2D eigenvalue weighted by Gasteiger charge is 2.31. The average molecular weight is 563 g/mol. The molecule has 1 saturated heterocycles. The maximum Gasteiger partial charge on any atom is 0.416 e. The monoisotopic (exact) mass is 562 g/mol. The lowest BCUT2D eigenvalue weighted by molar-refractivity contribution is -0.137. The predicted octanol–water partition coefficient (Wildman–Crippen LogP) is 7.43. The summed E-state index contributed by atoms with van der Waals surface area (Å²) < 4.78 is 47.2. The second-order valence-corrected chi connectivity index (χ2v) is 11.0.